The van der Waals surface area contributed by atoms with Gasteiger partial charge in [-0.3, -0.25) is 4.79 Å². The summed E-state index contributed by atoms with van der Waals surface area (Å²) in [4.78, 5) is 24.3. The second-order valence-electron chi connectivity index (χ2n) is 6.67. The summed E-state index contributed by atoms with van der Waals surface area (Å²) in [6.45, 7) is 5.47. The van der Waals surface area contributed by atoms with Crippen molar-refractivity contribution < 1.29 is 28.5 Å². The summed E-state index contributed by atoms with van der Waals surface area (Å²) < 4.78 is 21.2. The van der Waals surface area contributed by atoms with E-state index < -0.39 is 18.0 Å². The summed E-state index contributed by atoms with van der Waals surface area (Å²) in [5.74, 6) is 1.00. The van der Waals surface area contributed by atoms with Gasteiger partial charge in [-0.15, -0.1) is 0 Å². The number of hydrogen-bond acceptors (Lipinski definition) is 6. The summed E-state index contributed by atoms with van der Waals surface area (Å²) in [6.07, 6.45) is -0.970. The highest BCUT2D eigenvalue weighted by molar-refractivity contribution is 5.95. The average Bonchev–Trinajstić information content (AvgIpc) is 3.14. The molecular formula is C21H23NO6. The Kier molecular flexibility index (Phi) is 6.03. The summed E-state index contributed by atoms with van der Waals surface area (Å²) in [6, 6.07) is 12.6. The third-order valence-electron chi connectivity index (χ3n) is 4.20. The van der Waals surface area contributed by atoms with Gasteiger partial charge in [0.25, 0.3) is 5.91 Å². The number of anilines is 1. The molecule has 1 amide bonds. The SMILES string of the molecule is CC(C)c1ccccc1OCC(=O)O[C@@H](C)C(=O)Nc1ccc2c(c1)OCO2. The van der Waals surface area contributed by atoms with E-state index in [0.29, 0.717) is 22.9 Å². The first kappa shape index (κ1) is 19.5. The van der Waals surface area contributed by atoms with Crippen LogP contribution in [0.5, 0.6) is 17.2 Å². The Balaban J connectivity index is 1.50. The van der Waals surface area contributed by atoms with Crippen LogP contribution >= 0.6 is 0 Å². The van der Waals surface area contributed by atoms with Gasteiger partial charge in [0.15, 0.2) is 24.2 Å². The van der Waals surface area contributed by atoms with Crippen LogP contribution in [0.3, 0.4) is 0 Å². The lowest BCUT2D eigenvalue weighted by molar-refractivity contribution is -0.155. The highest BCUT2D eigenvalue weighted by Crippen LogP contribution is 2.34. The van der Waals surface area contributed by atoms with Crippen LogP contribution in [0.4, 0.5) is 5.69 Å². The minimum Gasteiger partial charge on any atom is -0.482 e. The zero-order chi connectivity index (χ0) is 20.1. The van der Waals surface area contributed by atoms with Crippen LogP contribution < -0.4 is 19.5 Å². The molecule has 28 heavy (non-hydrogen) atoms. The van der Waals surface area contributed by atoms with Crippen molar-refractivity contribution in [1.29, 1.82) is 0 Å². The van der Waals surface area contributed by atoms with Crippen molar-refractivity contribution in [2.24, 2.45) is 0 Å². The topological polar surface area (TPSA) is 83.1 Å². The predicted molar refractivity (Wildman–Crippen MR) is 103 cm³/mol. The number of nitrogens with one attached hydrogen (secondary N) is 1. The molecule has 0 unspecified atom stereocenters. The number of hydrogen-bond donors (Lipinski definition) is 1. The Hall–Kier alpha value is -3.22. The molecular weight excluding hydrogens is 362 g/mol. The number of carbonyl (C=O) groups excluding carboxylic acids is 2. The highest BCUT2D eigenvalue weighted by atomic mass is 16.7. The first-order valence-electron chi connectivity index (χ1n) is 9.05. The molecule has 3 rings (SSSR count). The van der Waals surface area contributed by atoms with Crippen molar-refractivity contribution in [3.05, 3.63) is 48.0 Å². The van der Waals surface area contributed by atoms with Crippen molar-refractivity contribution in [2.75, 3.05) is 18.7 Å². The van der Waals surface area contributed by atoms with E-state index in [1.807, 2.05) is 32.0 Å². The number of amides is 1. The van der Waals surface area contributed by atoms with E-state index in [4.69, 9.17) is 18.9 Å². The fourth-order valence-corrected chi connectivity index (χ4v) is 2.73. The lowest BCUT2D eigenvalue weighted by Gasteiger charge is -2.16. The molecule has 0 radical (unpaired) electrons. The molecule has 1 aliphatic rings. The fraction of sp³-hybridized carbons (Fsp3) is 0.333. The van der Waals surface area contributed by atoms with Crippen LogP contribution in [0, 0.1) is 0 Å². The number of fused-ring (bicyclic) bond motifs is 1. The van der Waals surface area contributed by atoms with Crippen LogP contribution in [0.1, 0.15) is 32.3 Å². The zero-order valence-corrected chi connectivity index (χ0v) is 16.1. The molecule has 0 fully saturated rings. The minimum absolute atomic E-state index is 0.153. The summed E-state index contributed by atoms with van der Waals surface area (Å²) in [5, 5.41) is 2.68. The molecule has 2 aromatic carbocycles. The molecule has 0 spiro atoms. The second-order valence-corrected chi connectivity index (χ2v) is 6.67. The highest BCUT2D eigenvalue weighted by Gasteiger charge is 2.20. The van der Waals surface area contributed by atoms with Crippen LogP contribution in [-0.4, -0.2) is 31.4 Å². The molecule has 7 heteroatoms. The molecule has 1 N–H and O–H groups in total. The largest absolute Gasteiger partial charge is 0.482 e. The maximum atomic E-state index is 12.3. The van der Waals surface area contributed by atoms with Crippen molar-refractivity contribution in [1.82, 2.24) is 0 Å². The molecule has 1 aliphatic heterocycles. The van der Waals surface area contributed by atoms with Gasteiger partial charge in [-0.2, -0.15) is 0 Å². The van der Waals surface area contributed by atoms with Crippen molar-refractivity contribution in [3.63, 3.8) is 0 Å². The molecule has 1 atom stereocenters. The summed E-state index contributed by atoms with van der Waals surface area (Å²) in [5.41, 5.74) is 1.53. The number of benzene rings is 2. The summed E-state index contributed by atoms with van der Waals surface area (Å²) >= 11 is 0. The molecule has 0 saturated heterocycles. The second kappa shape index (κ2) is 8.65. The van der Waals surface area contributed by atoms with Crippen LogP contribution in [-0.2, 0) is 14.3 Å². The lowest BCUT2D eigenvalue weighted by atomic mass is 10.0. The van der Waals surface area contributed by atoms with Crippen LogP contribution in [0.25, 0.3) is 0 Å². The van der Waals surface area contributed by atoms with Crippen LogP contribution in [0.15, 0.2) is 42.5 Å². The lowest BCUT2D eigenvalue weighted by Crippen LogP contribution is -2.31. The predicted octanol–water partition coefficient (Wildman–Crippen LogP) is 3.49. The Morgan fingerprint density at radius 1 is 1.07 bits per heavy atom. The third-order valence-corrected chi connectivity index (χ3v) is 4.20. The normalized spacial score (nSPS) is 13.1. The molecule has 1 heterocycles. The van der Waals surface area contributed by atoms with Gasteiger partial charge < -0.3 is 24.3 Å². The van der Waals surface area contributed by atoms with Crippen molar-refractivity contribution in [2.45, 2.75) is 32.8 Å². The van der Waals surface area contributed by atoms with E-state index in [1.165, 1.54) is 6.92 Å². The van der Waals surface area contributed by atoms with E-state index in [0.717, 1.165) is 5.56 Å². The van der Waals surface area contributed by atoms with Gasteiger partial charge in [-0.25, -0.2) is 4.79 Å². The van der Waals surface area contributed by atoms with Crippen LogP contribution in [0.2, 0.25) is 0 Å². The molecule has 2 aromatic rings. The van der Waals surface area contributed by atoms with E-state index in [2.05, 4.69) is 5.32 Å². The smallest absolute Gasteiger partial charge is 0.344 e. The average molecular weight is 385 g/mol. The Morgan fingerprint density at radius 3 is 2.61 bits per heavy atom. The van der Waals surface area contributed by atoms with Crippen molar-refractivity contribution >= 4 is 17.6 Å². The summed E-state index contributed by atoms with van der Waals surface area (Å²) in [7, 11) is 0. The molecule has 0 aliphatic carbocycles. The fourth-order valence-electron chi connectivity index (χ4n) is 2.73. The maximum absolute atomic E-state index is 12.3. The van der Waals surface area contributed by atoms with Gasteiger partial charge in [-0.05, 0) is 36.6 Å². The maximum Gasteiger partial charge on any atom is 0.344 e. The van der Waals surface area contributed by atoms with E-state index in [-0.39, 0.29) is 19.3 Å². The molecule has 7 nitrogen and oxygen atoms in total. The zero-order valence-electron chi connectivity index (χ0n) is 16.1. The Bertz CT molecular complexity index is 864. The Morgan fingerprint density at radius 2 is 1.82 bits per heavy atom. The standard InChI is InChI=1S/C21H23NO6/c1-13(2)16-6-4-5-7-17(16)25-11-20(23)28-14(3)21(24)22-15-8-9-18-19(10-15)27-12-26-18/h4-10,13-14H,11-12H2,1-3H3,(H,22,24)/t14-/m0/s1. The first-order chi connectivity index (χ1) is 13.4. The first-order valence-corrected chi connectivity index (χ1v) is 9.05. The van der Waals surface area contributed by atoms with Gasteiger partial charge in [0, 0.05) is 11.8 Å². The number of ether oxygens (including phenoxy) is 4. The number of rotatable bonds is 7. The van der Waals surface area contributed by atoms with E-state index >= 15 is 0 Å². The number of carbonyl (C=O) groups is 2. The minimum atomic E-state index is -0.970. The molecule has 0 bridgehead atoms. The van der Waals surface area contributed by atoms with Gasteiger partial charge in [0.05, 0.1) is 0 Å². The van der Waals surface area contributed by atoms with E-state index in [1.54, 1.807) is 24.3 Å². The molecule has 148 valence electrons. The monoisotopic (exact) mass is 385 g/mol. The third kappa shape index (κ3) is 4.73. The number of esters is 1. The number of para-hydroxylation sites is 1. The van der Waals surface area contributed by atoms with Gasteiger partial charge in [-0.1, -0.05) is 32.0 Å². The van der Waals surface area contributed by atoms with Gasteiger partial charge in [0.1, 0.15) is 5.75 Å². The van der Waals surface area contributed by atoms with Gasteiger partial charge >= 0.3 is 5.97 Å². The van der Waals surface area contributed by atoms with Crippen molar-refractivity contribution in [3.8, 4) is 17.2 Å². The molecule has 0 aromatic heterocycles. The Labute approximate surface area is 163 Å². The van der Waals surface area contributed by atoms with Gasteiger partial charge in [0.2, 0.25) is 6.79 Å². The van der Waals surface area contributed by atoms with E-state index in [9.17, 15) is 9.59 Å². The molecule has 0 saturated carbocycles. The quantitative estimate of drug-likeness (QED) is 0.735.